The molecule has 0 radical (unpaired) electrons. The van der Waals surface area contributed by atoms with Gasteiger partial charge in [-0.3, -0.25) is 0 Å². The number of anilines is 1. The van der Waals surface area contributed by atoms with Crippen LogP contribution in [0.15, 0.2) is 51.8 Å². The van der Waals surface area contributed by atoms with Gasteiger partial charge in [-0.05, 0) is 51.8 Å². The van der Waals surface area contributed by atoms with Crippen molar-refractivity contribution in [1.29, 1.82) is 0 Å². The number of rotatable bonds is 4. The van der Waals surface area contributed by atoms with Gasteiger partial charge in [0.15, 0.2) is 0 Å². The number of benzene rings is 2. The topological polar surface area (TPSA) is 63.4 Å². The Labute approximate surface area is 137 Å². The summed E-state index contributed by atoms with van der Waals surface area (Å²) in [5.74, 6) is 0. The van der Waals surface area contributed by atoms with Crippen LogP contribution in [0.4, 0.5) is 5.69 Å². The van der Waals surface area contributed by atoms with Crippen LogP contribution in [0, 0.1) is 0 Å². The third-order valence-corrected chi connectivity index (χ3v) is 5.77. The number of sulfonamides is 1. The SMILES string of the molecule is CN(Cc1ccc(Cl)cc1)S(=O)(=O)c1ccc(Br)c(N)c1. The first-order valence-electron chi connectivity index (χ1n) is 6.06. The highest BCUT2D eigenvalue weighted by atomic mass is 79.9. The van der Waals surface area contributed by atoms with E-state index in [2.05, 4.69) is 15.9 Å². The molecule has 21 heavy (non-hydrogen) atoms. The molecular formula is C14H14BrClN2O2S. The molecule has 2 N–H and O–H groups in total. The van der Waals surface area contributed by atoms with Crippen molar-refractivity contribution < 1.29 is 8.42 Å². The fourth-order valence-corrected chi connectivity index (χ4v) is 3.36. The van der Waals surface area contributed by atoms with Gasteiger partial charge in [0.1, 0.15) is 0 Å². The molecule has 0 aliphatic carbocycles. The molecule has 0 saturated carbocycles. The number of halogens is 2. The van der Waals surface area contributed by atoms with Crippen molar-refractivity contribution in [3.05, 3.63) is 57.5 Å². The minimum absolute atomic E-state index is 0.166. The molecule has 0 aliphatic rings. The summed E-state index contributed by atoms with van der Waals surface area (Å²) >= 11 is 9.06. The van der Waals surface area contributed by atoms with Crippen LogP contribution in [0.25, 0.3) is 0 Å². The lowest BCUT2D eigenvalue weighted by molar-refractivity contribution is 0.467. The van der Waals surface area contributed by atoms with Crippen molar-refractivity contribution in [2.75, 3.05) is 12.8 Å². The number of nitrogens with two attached hydrogens (primary N) is 1. The molecule has 0 atom stereocenters. The third kappa shape index (κ3) is 3.77. The Bertz CT molecular complexity index is 748. The summed E-state index contributed by atoms with van der Waals surface area (Å²) in [6.45, 7) is 0.259. The average molecular weight is 390 g/mol. The maximum Gasteiger partial charge on any atom is 0.243 e. The lowest BCUT2D eigenvalue weighted by atomic mass is 10.2. The summed E-state index contributed by atoms with van der Waals surface area (Å²) in [7, 11) is -2.06. The Balaban J connectivity index is 2.25. The first-order valence-corrected chi connectivity index (χ1v) is 8.67. The van der Waals surface area contributed by atoms with E-state index in [0.29, 0.717) is 15.2 Å². The Hall–Kier alpha value is -1.08. The van der Waals surface area contributed by atoms with E-state index in [9.17, 15) is 8.42 Å². The van der Waals surface area contributed by atoms with E-state index in [4.69, 9.17) is 17.3 Å². The van der Waals surface area contributed by atoms with Crippen LogP contribution in [0.2, 0.25) is 5.02 Å². The van der Waals surface area contributed by atoms with Crippen LogP contribution >= 0.6 is 27.5 Å². The molecule has 4 nitrogen and oxygen atoms in total. The van der Waals surface area contributed by atoms with Gasteiger partial charge >= 0.3 is 0 Å². The molecule has 0 saturated heterocycles. The highest BCUT2D eigenvalue weighted by molar-refractivity contribution is 9.10. The summed E-state index contributed by atoms with van der Waals surface area (Å²) in [5.41, 5.74) is 6.98. The Morgan fingerprint density at radius 1 is 1.19 bits per heavy atom. The molecule has 2 aromatic rings. The number of nitrogens with zero attached hydrogens (tertiary/aromatic N) is 1. The van der Waals surface area contributed by atoms with Gasteiger partial charge in [0.05, 0.1) is 4.90 Å². The van der Waals surface area contributed by atoms with Gasteiger partial charge in [-0.2, -0.15) is 4.31 Å². The van der Waals surface area contributed by atoms with Gasteiger partial charge in [0.2, 0.25) is 10.0 Å². The van der Waals surface area contributed by atoms with E-state index in [1.165, 1.54) is 23.5 Å². The molecule has 0 aliphatic heterocycles. The summed E-state index contributed by atoms with van der Waals surface area (Å²) in [6.07, 6.45) is 0. The van der Waals surface area contributed by atoms with Crippen LogP contribution in [-0.4, -0.2) is 19.8 Å². The van der Waals surface area contributed by atoms with Crippen molar-refractivity contribution in [3.8, 4) is 0 Å². The molecule has 0 heterocycles. The molecule has 0 aromatic heterocycles. The van der Waals surface area contributed by atoms with E-state index >= 15 is 0 Å². The molecular weight excluding hydrogens is 376 g/mol. The number of hydrogen-bond acceptors (Lipinski definition) is 3. The maximum absolute atomic E-state index is 12.5. The highest BCUT2D eigenvalue weighted by Crippen LogP contribution is 2.25. The zero-order valence-corrected chi connectivity index (χ0v) is 14.4. The zero-order valence-electron chi connectivity index (χ0n) is 11.3. The fourth-order valence-electron chi connectivity index (χ4n) is 1.79. The maximum atomic E-state index is 12.5. The van der Waals surface area contributed by atoms with Gasteiger partial charge in [-0.1, -0.05) is 23.7 Å². The van der Waals surface area contributed by atoms with Crippen molar-refractivity contribution in [2.24, 2.45) is 0 Å². The van der Waals surface area contributed by atoms with E-state index in [-0.39, 0.29) is 11.4 Å². The second-order valence-corrected chi connectivity index (χ2v) is 7.91. The van der Waals surface area contributed by atoms with Crippen LogP contribution in [-0.2, 0) is 16.6 Å². The second kappa shape index (κ2) is 6.36. The van der Waals surface area contributed by atoms with Gasteiger partial charge in [-0.15, -0.1) is 0 Å². The Morgan fingerprint density at radius 3 is 2.38 bits per heavy atom. The summed E-state index contributed by atoms with van der Waals surface area (Å²) in [5, 5.41) is 0.616. The van der Waals surface area contributed by atoms with Crippen LogP contribution < -0.4 is 5.73 Å². The first-order chi connectivity index (χ1) is 9.80. The molecule has 112 valence electrons. The monoisotopic (exact) mass is 388 g/mol. The van der Waals surface area contributed by atoms with E-state index in [1.54, 1.807) is 30.3 Å². The Morgan fingerprint density at radius 2 is 1.81 bits per heavy atom. The smallest absolute Gasteiger partial charge is 0.243 e. The number of nitrogen functional groups attached to an aromatic ring is 1. The lowest BCUT2D eigenvalue weighted by Gasteiger charge is -2.18. The van der Waals surface area contributed by atoms with Gasteiger partial charge < -0.3 is 5.73 Å². The van der Waals surface area contributed by atoms with Crippen LogP contribution in [0.5, 0.6) is 0 Å². The second-order valence-electron chi connectivity index (χ2n) is 4.57. The molecule has 0 unspecified atom stereocenters. The molecule has 0 fully saturated rings. The normalized spacial score (nSPS) is 11.8. The minimum atomic E-state index is -3.59. The first kappa shape index (κ1) is 16.3. The summed E-state index contributed by atoms with van der Waals surface area (Å²) < 4.78 is 26.9. The Kier molecular flexibility index (Phi) is 4.93. The predicted molar refractivity (Wildman–Crippen MR) is 88.7 cm³/mol. The van der Waals surface area contributed by atoms with E-state index < -0.39 is 10.0 Å². The number of hydrogen-bond donors (Lipinski definition) is 1. The standard InChI is InChI=1S/C14H14BrClN2O2S/c1-18(9-10-2-4-11(16)5-3-10)21(19,20)12-6-7-13(15)14(17)8-12/h2-8H,9,17H2,1H3. The van der Waals surface area contributed by atoms with E-state index in [1.807, 2.05) is 0 Å². The van der Waals surface area contributed by atoms with Gasteiger partial charge in [0, 0.05) is 28.8 Å². The largest absolute Gasteiger partial charge is 0.398 e. The molecule has 2 rings (SSSR count). The molecule has 2 aromatic carbocycles. The lowest BCUT2D eigenvalue weighted by Crippen LogP contribution is -2.26. The van der Waals surface area contributed by atoms with Crippen molar-refractivity contribution in [3.63, 3.8) is 0 Å². The van der Waals surface area contributed by atoms with Crippen LogP contribution in [0.1, 0.15) is 5.56 Å². The fraction of sp³-hybridized carbons (Fsp3) is 0.143. The highest BCUT2D eigenvalue weighted by Gasteiger charge is 2.21. The van der Waals surface area contributed by atoms with Crippen molar-refractivity contribution >= 4 is 43.2 Å². The zero-order chi connectivity index (χ0) is 15.6. The molecule has 0 bridgehead atoms. The summed E-state index contributed by atoms with van der Waals surface area (Å²) in [6, 6.07) is 11.6. The van der Waals surface area contributed by atoms with Gasteiger partial charge in [-0.25, -0.2) is 8.42 Å². The molecule has 0 spiro atoms. The summed E-state index contributed by atoms with van der Waals surface area (Å²) in [4.78, 5) is 0.166. The third-order valence-electron chi connectivity index (χ3n) is 2.99. The predicted octanol–water partition coefficient (Wildman–Crippen LogP) is 3.51. The van der Waals surface area contributed by atoms with Crippen LogP contribution in [0.3, 0.4) is 0 Å². The average Bonchev–Trinajstić information content (AvgIpc) is 2.44. The van der Waals surface area contributed by atoms with E-state index in [0.717, 1.165) is 5.56 Å². The van der Waals surface area contributed by atoms with Gasteiger partial charge in [0.25, 0.3) is 0 Å². The molecule has 0 amide bonds. The van der Waals surface area contributed by atoms with Crippen molar-refractivity contribution in [2.45, 2.75) is 11.4 Å². The minimum Gasteiger partial charge on any atom is -0.398 e. The van der Waals surface area contributed by atoms with Crippen molar-refractivity contribution in [1.82, 2.24) is 4.31 Å². The molecule has 7 heteroatoms. The quantitative estimate of drug-likeness (QED) is 0.814.